The summed E-state index contributed by atoms with van der Waals surface area (Å²) < 4.78 is 2.92. The molecule has 0 rings (SSSR count). The summed E-state index contributed by atoms with van der Waals surface area (Å²) in [6.07, 6.45) is 40.2. The van der Waals surface area contributed by atoms with E-state index < -0.39 is 0 Å². The molecule has 0 saturated carbocycles. The molecule has 0 atom stereocenters. The molecule has 0 amide bonds. The van der Waals surface area contributed by atoms with E-state index >= 15 is 0 Å². The maximum absolute atomic E-state index is 2.37. The Morgan fingerprint density at radius 3 is 0.455 bits per heavy atom. The van der Waals surface area contributed by atoms with Gasteiger partial charge in [0, 0.05) is 0 Å². The third-order valence-electron chi connectivity index (χ3n) is 10.9. The van der Waals surface area contributed by atoms with Gasteiger partial charge in [0.05, 0.1) is 52.4 Å². The monoisotopic (exact) mass is 623 g/mol. The number of hydrogen-bond acceptors (Lipinski definition) is 0. The molecule has 44 heavy (non-hydrogen) atoms. The molecule has 0 heterocycles. The van der Waals surface area contributed by atoms with Gasteiger partial charge in [0.1, 0.15) is 0 Å². The summed E-state index contributed by atoms with van der Waals surface area (Å²) in [5.74, 6) is 0. The molecule has 0 saturated heterocycles. The van der Waals surface area contributed by atoms with Crippen LogP contribution in [0, 0.1) is 0 Å². The molecule has 0 aromatic rings. The molecule has 0 unspecified atom stereocenters. The minimum Gasteiger partial charge on any atom is -0.324 e. The fourth-order valence-corrected chi connectivity index (χ4v) is 7.83. The van der Waals surface area contributed by atoms with Gasteiger partial charge in [-0.05, 0) is 103 Å². The lowest BCUT2D eigenvalue weighted by Crippen LogP contribution is -2.51. The third kappa shape index (κ3) is 25.1. The van der Waals surface area contributed by atoms with E-state index in [2.05, 4.69) is 41.5 Å². The average Bonchev–Trinajstić information content (AvgIpc) is 3.03. The summed E-state index contributed by atoms with van der Waals surface area (Å²) in [4.78, 5) is 0. The molecule has 0 aliphatic carbocycles. The highest BCUT2D eigenvalue weighted by atomic mass is 15.4. The van der Waals surface area contributed by atoms with Crippen LogP contribution in [0.25, 0.3) is 0 Å². The molecule has 0 spiro atoms. The molecule has 0 aliphatic heterocycles. The molecule has 0 bridgehead atoms. The zero-order valence-corrected chi connectivity index (χ0v) is 32.4. The van der Waals surface area contributed by atoms with Crippen LogP contribution in [-0.4, -0.2) is 61.3 Å². The van der Waals surface area contributed by atoms with E-state index in [1.807, 2.05) is 0 Å². The van der Waals surface area contributed by atoms with Crippen LogP contribution in [0.3, 0.4) is 0 Å². The Balaban J connectivity index is 5.24. The van der Waals surface area contributed by atoms with Gasteiger partial charge in [-0.25, -0.2) is 0 Å². The second kappa shape index (κ2) is 32.8. The summed E-state index contributed by atoms with van der Waals surface area (Å²) in [6.45, 7) is 25.9. The first-order valence-electron chi connectivity index (χ1n) is 21.3. The van der Waals surface area contributed by atoms with Gasteiger partial charge in [0.2, 0.25) is 0 Å². The molecule has 2 heteroatoms. The molecule has 0 radical (unpaired) electrons. The van der Waals surface area contributed by atoms with Crippen LogP contribution in [0.2, 0.25) is 0 Å². The molecular formula is C42H90N2+2. The largest absolute Gasteiger partial charge is 0.324 e. The second-order valence-corrected chi connectivity index (χ2v) is 15.3. The lowest BCUT2D eigenvalue weighted by Gasteiger charge is -2.40. The Kier molecular flexibility index (Phi) is 32.8. The van der Waals surface area contributed by atoms with E-state index in [1.165, 1.54) is 241 Å². The van der Waals surface area contributed by atoms with Gasteiger partial charge in [-0.3, -0.25) is 0 Å². The first-order chi connectivity index (χ1) is 21.6. The maximum atomic E-state index is 2.37. The van der Waals surface area contributed by atoms with Gasteiger partial charge in [-0.1, -0.05) is 119 Å². The van der Waals surface area contributed by atoms with Crippen LogP contribution in [0.1, 0.15) is 221 Å². The quantitative estimate of drug-likeness (QED) is 0.0477. The average molecular weight is 623 g/mol. The van der Waals surface area contributed by atoms with Crippen molar-refractivity contribution in [1.82, 2.24) is 0 Å². The van der Waals surface area contributed by atoms with Crippen molar-refractivity contribution in [3.8, 4) is 0 Å². The van der Waals surface area contributed by atoms with Crippen molar-refractivity contribution in [3.05, 3.63) is 0 Å². The lowest BCUT2D eigenvalue weighted by atomic mass is 10.0. The number of nitrogens with zero attached hydrogens (tertiary/aromatic N) is 2. The highest BCUT2D eigenvalue weighted by molar-refractivity contribution is 4.56. The van der Waals surface area contributed by atoms with E-state index in [0.29, 0.717) is 0 Å². The number of quaternary nitrogens is 2. The van der Waals surface area contributed by atoms with E-state index in [1.54, 1.807) is 0 Å². The van der Waals surface area contributed by atoms with Crippen molar-refractivity contribution in [1.29, 1.82) is 0 Å². The van der Waals surface area contributed by atoms with Crippen LogP contribution in [0.15, 0.2) is 0 Å². The van der Waals surface area contributed by atoms with Gasteiger partial charge in [-0.2, -0.15) is 0 Å². The minimum atomic E-state index is 1.36. The normalized spacial score (nSPS) is 12.4. The van der Waals surface area contributed by atoms with Crippen molar-refractivity contribution < 1.29 is 8.97 Å². The molecule has 0 aromatic carbocycles. The van der Waals surface area contributed by atoms with E-state index in [4.69, 9.17) is 0 Å². The Labute approximate surface area is 282 Å². The fraction of sp³-hybridized carbons (Fsp3) is 1.00. The Morgan fingerprint density at radius 2 is 0.318 bits per heavy atom. The summed E-state index contributed by atoms with van der Waals surface area (Å²) in [7, 11) is 0. The van der Waals surface area contributed by atoms with Crippen molar-refractivity contribution in [2.45, 2.75) is 221 Å². The van der Waals surface area contributed by atoms with Gasteiger partial charge >= 0.3 is 0 Å². The smallest absolute Gasteiger partial charge is 0.0786 e. The third-order valence-corrected chi connectivity index (χ3v) is 10.9. The van der Waals surface area contributed by atoms with Crippen molar-refractivity contribution >= 4 is 0 Å². The van der Waals surface area contributed by atoms with Gasteiger partial charge in [0.25, 0.3) is 0 Å². The molecule has 0 fully saturated rings. The predicted molar refractivity (Wildman–Crippen MR) is 203 cm³/mol. The lowest BCUT2D eigenvalue weighted by molar-refractivity contribution is -0.929. The van der Waals surface area contributed by atoms with Gasteiger partial charge in [0.15, 0.2) is 0 Å². The molecular weight excluding hydrogens is 532 g/mol. The molecule has 0 aromatic heterocycles. The molecule has 266 valence electrons. The summed E-state index contributed by atoms with van der Waals surface area (Å²) >= 11 is 0. The van der Waals surface area contributed by atoms with Crippen LogP contribution in [-0.2, 0) is 0 Å². The maximum Gasteiger partial charge on any atom is 0.0786 e. The zero-order valence-electron chi connectivity index (χ0n) is 32.4. The number of unbranched alkanes of at least 4 members (excludes halogenated alkanes) is 21. The van der Waals surface area contributed by atoms with Gasteiger partial charge in [-0.15, -0.1) is 0 Å². The van der Waals surface area contributed by atoms with E-state index in [0.717, 1.165) is 0 Å². The molecule has 0 N–H and O–H groups in total. The Hall–Kier alpha value is -0.0800. The predicted octanol–water partition coefficient (Wildman–Crippen LogP) is 13.7. The minimum absolute atomic E-state index is 1.36. The first-order valence-corrected chi connectivity index (χ1v) is 21.3. The number of rotatable bonds is 37. The van der Waals surface area contributed by atoms with Crippen LogP contribution in [0.5, 0.6) is 0 Å². The highest BCUT2D eigenvalue weighted by Crippen LogP contribution is 2.22. The van der Waals surface area contributed by atoms with Crippen molar-refractivity contribution in [2.24, 2.45) is 0 Å². The van der Waals surface area contributed by atoms with E-state index in [9.17, 15) is 0 Å². The topological polar surface area (TPSA) is 0 Å². The van der Waals surface area contributed by atoms with Crippen molar-refractivity contribution in [3.63, 3.8) is 0 Å². The van der Waals surface area contributed by atoms with Crippen LogP contribution >= 0.6 is 0 Å². The highest BCUT2D eigenvalue weighted by Gasteiger charge is 2.27. The molecule has 2 nitrogen and oxygen atoms in total. The summed E-state index contributed by atoms with van der Waals surface area (Å²) in [5.41, 5.74) is 0. The Morgan fingerprint density at radius 1 is 0.182 bits per heavy atom. The summed E-state index contributed by atoms with van der Waals surface area (Å²) in [5, 5.41) is 0. The Bertz CT molecular complexity index is 433. The van der Waals surface area contributed by atoms with Crippen molar-refractivity contribution in [2.75, 3.05) is 52.4 Å². The van der Waals surface area contributed by atoms with Crippen LogP contribution in [0.4, 0.5) is 0 Å². The standard InChI is InChI=1S/C42H90N2/c1-7-13-19-27-35-43(36-28-20-14-8-2,37-29-21-15-9-3)41-33-25-26-34-42-44(38-30-22-16-10-4,39-31-23-17-11-5)40-32-24-18-12-6/h7-42H2,1-6H3/q+2. The fourth-order valence-electron chi connectivity index (χ4n) is 7.83. The SMILES string of the molecule is CCCCCC[N+](CCCCCC)(CCCCCC)CCCCCC[N+](CCCCCC)(CCCCCC)CCCCCC. The van der Waals surface area contributed by atoms with Crippen LogP contribution < -0.4 is 0 Å². The number of hydrogen-bond donors (Lipinski definition) is 0. The summed E-state index contributed by atoms with van der Waals surface area (Å²) in [6, 6.07) is 0. The van der Waals surface area contributed by atoms with Gasteiger partial charge < -0.3 is 8.97 Å². The molecule has 0 aliphatic rings. The van der Waals surface area contributed by atoms with E-state index in [-0.39, 0.29) is 0 Å². The second-order valence-electron chi connectivity index (χ2n) is 15.3. The first kappa shape index (κ1) is 43.9. The zero-order chi connectivity index (χ0) is 32.5.